The third-order valence-corrected chi connectivity index (χ3v) is 5.15. The van der Waals surface area contributed by atoms with E-state index in [4.69, 9.17) is 9.47 Å². The maximum Gasteiger partial charge on any atom is 0.223 e. The van der Waals surface area contributed by atoms with Gasteiger partial charge in [0, 0.05) is 36.6 Å². The molecule has 2 heterocycles. The molecule has 1 N–H and O–H groups in total. The normalized spacial score (nSPS) is 16.4. The summed E-state index contributed by atoms with van der Waals surface area (Å²) < 4.78 is 10.8. The van der Waals surface area contributed by atoms with Crippen molar-refractivity contribution in [3.05, 3.63) is 66.1 Å². The van der Waals surface area contributed by atoms with Crippen LogP contribution in [0.1, 0.15) is 23.7 Å². The molecule has 1 aromatic heterocycles. The second kappa shape index (κ2) is 7.76. The van der Waals surface area contributed by atoms with Crippen LogP contribution in [0.4, 0.5) is 0 Å². The van der Waals surface area contributed by atoms with Gasteiger partial charge in [0.1, 0.15) is 17.3 Å². The smallest absolute Gasteiger partial charge is 0.223 e. The zero-order chi connectivity index (χ0) is 19.5. The molecule has 0 aliphatic carbocycles. The number of H-pyrrole nitrogens is 1. The van der Waals surface area contributed by atoms with E-state index < -0.39 is 0 Å². The van der Waals surface area contributed by atoms with Gasteiger partial charge in [-0.25, -0.2) is 4.98 Å². The van der Waals surface area contributed by atoms with Crippen LogP contribution in [-0.4, -0.2) is 41.5 Å². The van der Waals surface area contributed by atoms with Crippen molar-refractivity contribution in [2.24, 2.45) is 0 Å². The second-order valence-corrected chi connectivity index (χ2v) is 6.87. The van der Waals surface area contributed by atoms with E-state index in [0.29, 0.717) is 19.5 Å². The lowest BCUT2D eigenvalue weighted by molar-refractivity contribution is -0.128. The molecule has 4 rings (SSSR count). The van der Waals surface area contributed by atoms with Gasteiger partial charge in [-0.05, 0) is 18.2 Å². The number of rotatable bonds is 6. The van der Waals surface area contributed by atoms with Gasteiger partial charge in [-0.2, -0.15) is 0 Å². The Hall–Kier alpha value is -3.28. The number of methoxy groups -OCH3 is 2. The van der Waals surface area contributed by atoms with Crippen LogP contribution >= 0.6 is 0 Å². The standard InChI is InChI=1S/C22H23N3O3/c1-27-19-9-5-3-7-15(19)13-25-14-16(11-21(25)26)22-23-12-18(24-22)17-8-4-6-10-20(17)28-2/h3-10,12,16H,11,13-14H2,1-2H3,(H,23,24)/t16-/m1/s1. The van der Waals surface area contributed by atoms with E-state index in [1.807, 2.05) is 53.4 Å². The van der Waals surface area contributed by atoms with Crippen LogP contribution < -0.4 is 9.47 Å². The summed E-state index contributed by atoms with van der Waals surface area (Å²) in [5.74, 6) is 2.60. The first kappa shape index (κ1) is 18.1. The number of imidazole rings is 1. The molecule has 0 spiro atoms. The van der Waals surface area contributed by atoms with E-state index in [0.717, 1.165) is 34.1 Å². The van der Waals surface area contributed by atoms with Crippen molar-refractivity contribution in [3.63, 3.8) is 0 Å². The number of hydrogen-bond donors (Lipinski definition) is 1. The van der Waals surface area contributed by atoms with Gasteiger partial charge in [-0.15, -0.1) is 0 Å². The highest BCUT2D eigenvalue weighted by Gasteiger charge is 2.32. The molecule has 6 nitrogen and oxygen atoms in total. The summed E-state index contributed by atoms with van der Waals surface area (Å²) >= 11 is 0. The number of hydrogen-bond acceptors (Lipinski definition) is 4. The van der Waals surface area contributed by atoms with E-state index in [9.17, 15) is 4.79 Å². The highest BCUT2D eigenvalue weighted by atomic mass is 16.5. The molecule has 0 saturated carbocycles. The first-order chi connectivity index (χ1) is 13.7. The van der Waals surface area contributed by atoms with Crippen LogP contribution in [0.15, 0.2) is 54.7 Å². The number of carbonyl (C=O) groups excluding carboxylic acids is 1. The van der Waals surface area contributed by atoms with Crippen LogP contribution in [-0.2, 0) is 11.3 Å². The van der Waals surface area contributed by atoms with E-state index in [1.165, 1.54) is 0 Å². The van der Waals surface area contributed by atoms with Gasteiger partial charge in [-0.3, -0.25) is 4.79 Å². The van der Waals surface area contributed by atoms with Crippen LogP contribution in [0.5, 0.6) is 11.5 Å². The fourth-order valence-corrected chi connectivity index (χ4v) is 3.70. The number of amides is 1. The first-order valence-electron chi connectivity index (χ1n) is 9.27. The van der Waals surface area contributed by atoms with E-state index in [-0.39, 0.29) is 11.8 Å². The number of nitrogens with zero attached hydrogens (tertiary/aromatic N) is 2. The summed E-state index contributed by atoms with van der Waals surface area (Å²) in [5, 5.41) is 0. The topological polar surface area (TPSA) is 67.5 Å². The monoisotopic (exact) mass is 377 g/mol. The van der Waals surface area contributed by atoms with Gasteiger partial charge in [-0.1, -0.05) is 30.3 Å². The summed E-state index contributed by atoms with van der Waals surface area (Å²) in [4.78, 5) is 22.4. The number of aromatic amines is 1. The minimum atomic E-state index is 0.0469. The molecule has 0 radical (unpaired) electrons. The van der Waals surface area contributed by atoms with Gasteiger partial charge in [0.15, 0.2) is 0 Å². The van der Waals surface area contributed by atoms with Crippen LogP contribution in [0.2, 0.25) is 0 Å². The number of nitrogens with one attached hydrogen (secondary N) is 1. The third-order valence-electron chi connectivity index (χ3n) is 5.15. The lowest BCUT2D eigenvalue weighted by atomic mass is 10.1. The van der Waals surface area contributed by atoms with E-state index in [1.54, 1.807) is 20.4 Å². The Morgan fingerprint density at radius 1 is 1.07 bits per heavy atom. The fraction of sp³-hybridized carbons (Fsp3) is 0.273. The average Bonchev–Trinajstić information content (AvgIpc) is 3.35. The van der Waals surface area contributed by atoms with Gasteiger partial charge >= 0.3 is 0 Å². The third kappa shape index (κ3) is 3.45. The molecule has 6 heteroatoms. The van der Waals surface area contributed by atoms with Crippen molar-refractivity contribution in [2.75, 3.05) is 20.8 Å². The molecule has 3 aromatic rings. The Labute approximate surface area is 164 Å². The second-order valence-electron chi connectivity index (χ2n) is 6.87. The molecule has 28 heavy (non-hydrogen) atoms. The summed E-state index contributed by atoms with van der Waals surface area (Å²) in [6.45, 7) is 1.18. The minimum absolute atomic E-state index is 0.0469. The lowest BCUT2D eigenvalue weighted by Gasteiger charge is -2.18. The van der Waals surface area contributed by atoms with Crippen molar-refractivity contribution >= 4 is 5.91 Å². The van der Waals surface area contributed by atoms with Gasteiger partial charge in [0.05, 0.1) is 26.1 Å². The number of para-hydroxylation sites is 2. The molecule has 1 aliphatic rings. The highest BCUT2D eigenvalue weighted by Crippen LogP contribution is 2.32. The van der Waals surface area contributed by atoms with Crippen molar-refractivity contribution in [1.82, 2.24) is 14.9 Å². The zero-order valence-corrected chi connectivity index (χ0v) is 16.0. The summed E-state index contributed by atoms with van der Waals surface area (Å²) in [6.07, 6.45) is 2.26. The Morgan fingerprint density at radius 3 is 2.57 bits per heavy atom. The van der Waals surface area contributed by atoms with Crippen LogP contribution in [0.25, 0.3) is 11.3 Å². The molecule has 144 valence electrons. The number of benzene rings is 2. The maximum atomic E-state index is 12.6. The Balaban J connectivity index is 1.51. The molecule has 1 atom stereocenters. The quantitative estimate of drug-likeness (QED) is 0.713. The van der Waals surface area contributed by atoms with Gasteiger partial charge < -0.3 is 19.4 Å². The number of ether oxygens (including phenoxy) is 2. The number of likely N-dealkylation sites (tertiary alicyclic amines) is 1. The predicted octanol–water partition coefficient (Wildman–Crippen LogP) is 3.61. The predicted molar refractivity (Wildman–Crippen MR) is 106 cm³/mol. The molecule has 1 fully saturated rings. The maximum absolute atomic E-state index is 12.6. The highest BCUT2D eigenvalue weighted by molar-refractivity contribution is 5.79. The van der Waals surface area contributed by atoms with Crippen molar-refractivity contribution in [2.45, 2.75) is 18.9 Å². The average molecular weight is 377 g/mol. The zero-order valence-electron chi connectivity index (χ0n) is 16.0. The molecule has 0 unspecified atom stereocenters. The van der Waals surface area contributed by atoms with Crippen molar-refractivity contribution in [1.29, 1.82) is 0 Å². The number of aromatic nitrogens is 2. The lowest BCUT2D eigenvalue weighted by Crippen LogP contribution is -2.24. The summed E-state index contributed by atoms with van der Waals surface area (Å²) in [6, 6.07) is 15.6. The first-order valence-corrected chi connectivity index (χ1v) is 9.27. The fourth-order valence-electron chi connectivity index (χ4n) is 3.70. The Kier molecular flexibility index (Phi) is 5.02. The molecule has 1 saturated heterocycles. The summed E-state index contributed by atoms with van der Waals surface area (Å²) in [7, 11) is 3.30. The number of carbonyl (C=O) groups is 1. The van der Waals surface area contributed by atoms with Gasteiger partial charge in [0.25, 0.3) is 0 Å². The van der Waals surface area contributed by atoms with Crippen molar-refractivity contribution in [3.8, 4) is 22.8 Å². The summed E-state index contributed by atoms with van der Waals surface area (Å²) in [5.41, 5.74) is 2.86. The largest absolute Gasteiger partial charge is 0.496 e. The van der Waals surface area contributed by atoms with Crippen LogP contribution in [0, 0.1) is 0 Å². The Morgan fingerprint density at radius 2 is 1.79 bits per heavy atom. The van der Waals surface area contributed by atoms with Crippen molar-refractivity contribution < 1.29 is 14.3 Å². The molecule has 1 aliphatic heterocycles. The van der Waals surface area contributed by atoms with Crippen LogP contribution in [0.3, 0.4) is 0 Å². The van der Waals surface area contributed by atoms with E-state index in [2.05, 4.69) is 9.97 Å². The molecule has 0 bridgehead atoms. The molecule has 2 aromatic carbocycles. The molecule has 1 amide bonds. The molecular formula is C22H23N3O3. The minimum Gasteiger partial charge on any atom is -0.496 e. The molecular weight excluding hydrogens is 354 g/mol. The van der Waals surface area contributed by atoms with E-state index >= 15 is 0 Å². The van der Waals surface area contributed by atoms with Gasteiger partial charge in [0.2, 0.25) is 5.91 Å². The Bertz CT molecular complexity index is 982. The SMILES string of the molecule is COc1ccccc1CN1C[C@H](c2ncc(-c3ccccc3OC)[nH]2)CC1=O.